The van der Waals surface area contributed by atoms with E-state index in [1.165, 1.54) is 4.68 Å². The molecule has 0 atom stereocenters. The first-order valence-electron chi connectivity index (χ1n) is 11.7. The second-order valence-corrected chi connectivity index (χ2v) is 7.97. The summed E-state index contributed by atoms with van der Waals surface area (Å²) in [4.78, 5) is 25.6. The van der Waals surface area contributed by atoms with Gasteiger partial charge >= 0.3 is 11.9 Å². The van der Waals surface area contributed by atoms with Crippen molar-refractivity contribution in [2.45, 2.75) is 53.5 Å². The molecule has 1 saturated heterocycles. The average molecular weight is 479 g/mol. The van der Waals surface area contributed by atoms with Crippen LogP contribution in [0.2, 0.25) is 0 Å². The molecule has 1 aliphatic rings. The van der Waals surface area contributed by atoms with Gasteiger partial charge < -0.3 is 24.8 Å². The second-order valence-electron chi connectivity index (χ2n) is 7.97. The number of carbonyl (C=O) groups is 2. The largest absolute Gasteiger partial charge is 0.461 e. The molecular weight excluding hydrogens is 440 g/mol. The number of hydrogen-bond donors (Lipinski definition) is 1. The highest BCUT2D eigenvalue weighted by atomic mass is 16.5. The van der Waals surface area contributed by atoms with E-state index in [0.717, 1.165) is 44.0 Å². The summed E-state index contributed by atoms with van der Waals surface area (Å²) in [6, 6.07) is 0.438. The summed E-state index contributed by atoms with van der Waals surface area (Å²) in [6.45, 7) is 12.5. The Kier molecular flexibility index (Phi) is 9.91. The molecule has 3 heterocycles. The van der Waals surface area contributed by atoms with Gasteiger partial charge in [-0.1, -0.05) is 0 Å². The summed E-state index contributed by atoms with van der Waals surface area (Å²) in [7, 11) is 3.57. The lowest BCUT2D eigenvalue weighted by Gasteiger charge is -2.35. The van der Waals surface area contributed by atoms with E-state index in [1.54, 1.807) is 32.5 Å². The summed E-state index contributed by atoms with van der Waals surface area (Å²) >= 11 is 0. The minimum absolute atomic E-state index is 0.293. The van der Waals surface area contributed by atoms with Crippen molar-refractivity contribution in [3.05, 3.63) is 22.5 Å². The van der Waals surface area contributed by atoms with E-state index >= 15 is 0 Å². The van der Waals surface area contributed by atoms with Crippen LogP contribution in [0.5, 0.6) is 0 Å². The Bertz CT molecular complexity index is 977. The van der Waals surface area contributed by atoms with E-state index < -0.39 is 5.97 Å². The molecule has 34 heavy (non-hydrogen) atoms. The van der Waals surface area contributed by atoms with Gasteiger partial charge in [0.1, 0.15) is 11.6 Å². The fourth-order valence-corrected chi connectivity index (χ4v) is 4.03. The minimum atomic E-state index is -0.424. The molecule has 0 unspecified atom stereocenters. The molecule has 2 aromatic heterocycles. The van der Waals surface area contributed by atoms with Crippen molar-refractivity contribution in [3.8, 4) is 0 Å². The van der Waals surface area contributed by atoms with Crippen LogP contribution < -0.4 is 10.6 Å². The van der Waals surface area contributed by atoms with Crippen LogP contribution in [0, 0.1) is 13.8 Å². The van der Waals surface area contributed by atoms with Crippen LogP contribution in [-0.4, -0.2) is 70.5 Å². The molecule has 0 radical (unpaired) electrons. The zero-order chi connectivity index (χ0) is 25.4. The molecule has 11 nitrogen and oxygen atoms in total. The van der Waals surface area contributed by atoms with Gasteiger partial charge in [-0.2, -0.15) is 10.2 Å². The minimum Gasteiger partial charge on any atom is -0.461 e. The SMILES string of the molecule is CCOC(=O)c1nn(C)c(N(CC)C2CCOCC2)c1C.CCOC(=O)c1nn(C)c(N)c1C. The summed E-state index contributed by atoms with van der Waals surface area (Å²) in [5, 5.41) is 8.31. The van der Waals surface area contributed by atoms with Crippen molar-refractivity contribution in [1.82, 2.24) is 19.6 Å². The fourth-order valence-electron chi connectivity index (χ4n) is 4.03. The molecule has 0 aromatic carbocycles. The molecule has 0 spiro atoms. The molecule has 0 amide bonds. The molecule has 1 fully saturated rings. The normalized spacial score (nSPS) is 13.7. The van der Waals surface area contributed by atoms with Crippen LogP contribution in [0.4, 0.5) is 11.6 Å². The van der Waals surface area contributed by atoms with E-state index in [0.29, 0.717) is 42.0 Å². The van der Waals surface area contributed by atoms with E-state index in [9.17, 15) is 9.59 Å². The van der Waals surface area contributed by atoms with Gasteiger partial charge in [-0.25, -0.2) is 9.59 Å². The highest BCUT2D eigenvalue weighted by Gasteiger charge is 2.28. The second kappa shape index (κ2) is 12.4. The van der Waals surface area contributed by atoms with E-state index in [1.807, 2.05) is 14.0 Å². The number of anilines is 2. The van der Waals surface area contributed by atoms with Gasteiger partial charge in [-0.05, 0) is 47.5 Å². The third-order valence-electron chi connectivity index (χ3n) is 5.77. The third-order valence-corrected chi connectivity index (χ3v) is 5.77. The summed E-state index contributed by atoms with van der Waals surface area (Å²) in [5.41, 5.74) is 7.90. The number of nitrogens with zero attached hydrogens (tertiary/aromatic N) is 5. The molecule has 190 valence electrons. The molecule has 2 N–H and O–H groups in total. The molecule has 0 bridgehead atoms. The number of ether oxygens (including phenoxy) is 3. The van der Waals surface area contributed by atoms with Crippen LogP contribution in [0.25, 0.3) is 0 Å². The Morgan fingerprint density at radius 1 is 0.971 bits per heavy atom. The van der Waals surface area contributed by atoms with Crippen LogP contribution >= 0.6 is 0 Å². The Balaban J connectivity index is 0.000000270. The van der Waals surface area contributed by atoms with Crippen LogP contribution in [0.1, 0.15) is 65.7 Å². The van der Waals surface area contributed by atoms with E-state index in [-0.39, 0.29) is 5.97 Å². The summed E-state index contributed by atoms with van der Waals surface area (Å²) < 4.78 is 18.6. The van der Waals surface area contributed by atoms with Gasteiger partial charge in [0.15, 0.2) is 11.4 Å². The quantitative estimate of drug-likeness (QED) is 0.597. The maximum absolute atomic E-state index is 12.0. The zero-order valence-corrected chi connectivity index (χ0v) is 21.4. The summed E-state index contributed by atoms with van der Waals surface area (Å²) in [6.07, 6.45) is 2.01. The molecule has 11 heteroatoms. The Morgan fingerprint density at radius 3 is 1.91 bits per heavy atom. The van der Waals surface area contributed by atoms with Gasteiger partial charge in [-0.15, -0.1) is 0 Å². The van der Waals surface area contributed by atoms with Gasteiger partial charge in [0, 0.05) is 51.0 Å². The van der Waals surface area contributed by atoms with Crippen LogP contribution in [0.3, 0.4) is 0 Å². The molecule has 0 aliphatic carbocycles. The zero-order valence-electron chi connectivity index (χ0n) is 21.4. The fraction of sp³-hybridized carbons (Fsp3) is 0.652. The van der Waals surface area contributed by atoms with Crippen molar-refractivity contribution >= 4 is 23.6 Å². The van der Waals surface area contributed by atoms with E-state index in [4.69, 9.17) is 19.9 Å². The number of carbonyl (C=O) groups excluding carboxylic acids is 2. The Labute approximate surface area is 201 Å². The highest BCUT2D eigenvalue weighted by molar-refractivity contribution is 5.91. The maximum Gasteiger partial charge on any atom is 0.359 e. The molecule has 2 aromatic rings. The van der Waals surface area contributed by atoms with Gasteiger partial charge in [-0.3, -0.25) is 9.36 Å². The molecule has 3 rings (SSSR count). The lowest BCUT2D eigenvalue weighted by atomic mass is 10.1. The molecular formula is C23H38N6O5. The van der Waals surface area contributed by atoms with Gasteiger partial charge in [0.25, 0.3) is 0 Å². The number of esters is 2. The predicted octanol–water partition coefficient (Wildman–Crippen LogP) is 2.40. The first-order valence-corrected chi connectivity index (χ1v) is 11.7. The van der Waals surface area contributed by atoms with Crippen molar-refractivity contribution in [1.29, 1.82) is 0 Å². The molecule has 1 aliphatic heterocycles. The maximum atomic E-state index is 12.0. The Hall–Kier alpha value is -3.08. The lowest BCUT2D eigenvalue weighted by molar-refractivity contribution is 0.0508. The van der Waals surface area contributed by atoms with Crippen molar-refractivity contribution in [2.24, 2.45) is 14.1 Å². The monoisotopic (exact) mass is 478 g/mol. The number of hydrogen-bond acceptors (Lipinski definition) is 9. The number of aryl methyl sites for hydroxylation is 2. The molecule has 0 saturated carbocycles. The first kappa shape index (κ1) is 27.2. The Morgan fingerprint density at radius 2 is 1.47 bits per heavy atom. The smallest absolute Gasteiger partial charge is 0.359 e. The van der Waals surface area contributed by atoms with Crippen molar-refractivity contribution < 1.29 is 23.8 Å². The predicted molar refractivity (Wildman–Crippen MR) is 129 cm³/mol. The van der Waals surface area contributed by atoms with Crippen LogP contribution in [-0.2, 0) is 28.3 Å². The van der Waals surface area contributed by atoms with E-state index in [2.05, 4.69) is 22.0 Å². The first-order chi connectivity index (χ1) is 16.2. The van der Waals surface area contributed by atoms with Gasteiger partial charge in [0.2, 0.25) is 0 Å². The van der Waals surface area contributed by atoms with Crippen molar-refractivity contribution in [3.63, 3.8) is 0 Å². The topological polar surface area (TPSA) is 127 Å². The lowest BCUT2D eigenvalue weighted by Crippen LogP contribution is -2.40. The average Bonchev–Trinajstić information content (AvgIpc) is 3.26. The number of nitrogens with two attached hydrogens (primary N) is 1. The number of nitrogen functional groups attached to an aromatic ring is 1. The number of aromatic nitrogens is 4. The van der Waals surface area contributed by atoms with Gasteiger partial charge in [0.05, 0.1) is 13.2 Å². The van der Waals surface area contributed by atoms with Crippen molar-refractivity contribution in [2.75, 3.05) is 43.6 Å². The van der Waals surface area contributed by atoms with Crippen LogP contribution in [0.15, 0.2) is 0 Å². The standard InChI is InChI=1S/C15H25N3O3.C8H13N3O2/c1-5-18(12-7-9-20-10-8-12)14-11(3)13(16-17(14)4)15(19)21-6-2;1-4-13-8(12)6-5(2)7(9)11(3)10-6/h12H,5-10H2,1-4H3;4,9H2,1-3H3. The highest BCUT2D eigenvalue weighted by Crippen LogP contribution is 2.28. The number of rotatable bonds is 7. The third kappa shape index (κ3) is 6.07. The summed E-state index contributed by atoms with van der Waals surface area (Å²) in [5.74, 6) is 0.725.